The Bertz CT molecular complexity index is 302. The predicted octanol–water partition coefficient (Wildman–Crippen LogP) is 2.11. The normalized spacial score (nSPS) is 13.2. The highest BCUT2D eigenvalue weighted by Gasteiger charge is 2.14. The zero-order valence-corrected chi connectivity index (χ0v) is 9.67. The fourth-order valence-electron chi connectivity index (χ4n) is 1.79. The Morgan fingerprint density at radius 3 is 2.36 bits per heavy atom. The Morgan fingerprint density at radius 1 is 1.36 bits per heavy atom. The van der Waals surface area contributed by atoms with Gasteiger partial charge in [-0.1, -0.05) is 6.92 Å². The number of aryl methyl sites for hydroxylation is 1. The van der Waals surface area contributed by atoms with E-state index >= 15 is 0 Å². The van der Waals surface area contributed by atoms with Gasteiger partial charge in [0.1, 0.15) is 0 Å². The van der Waals surface area contributed by atoms with Crippen LogP contribution in [0, 0.1) is 20.8 Å². The third-order valence-corrected chi connectivity index (χ3v) is 3.00. The Balaban J connectivity index is 2.98. The summed E-state index contributed by atoms with van der Waals surface area (Å²) in [4.78, 5) is 0. The average molecular weight is 195 g/mol. The molecule has 1 aromatic rings. The SMILES string of the molecule is CCC(CCN)n1nc(C)c(C)c1C. The molecule has 3 heteroatoms. The molecule has 80 valence electrons. The van der Waals surface area contributed by atoms with Crippen molar-refractivity contribution in [3.63, 3.8) is 0 Å². The first kappa shape index (κ1) is 11.2. The van der Waals surface area contributed by atoms with Gasteiger partial charge in [-0.3, -0.25) is 4.68 Å². The van der Waals surface area contributed by atoms with Crippen LogP contribution in [0.1, 0.15) is 42.8 Å². The van der Waals surface area contributed by atoms with Crippen LogP contribution >= 0.6 is 0 Å². The van der Waals surface area contributed by atoms with Crippen LogP contribution in [-0.4, -0.2) is 16.3 Å². The highest BCUT2D eigenvalue weighted by atomic mass is 15.3. The van der Waals surface area contributed by atoms with Crippen molar-refractivity contribution in [2.45, 2.75) is 46.6 Å². The second-order valence-electron chi connectivity index (χ2n) is 3.88. The molecule has 0 aliphatic carbocycles. The van der Waals surface area contributed by atoms with E-state index in [-0.39, 0.29) is 0 Å². The summed E-state index contributed by atoms with van der Waals surface area (Å²) in [6.07, 6.45) is 2.11. The third kappa shape index (κ3) is 1.98. The van der Waals surface area contributed by atoms with E-state index in [0.717, 1.165) is 25.1 Å². The van der Waals surface area contributed by atoms with Crippen LogP contribution in [0.4, 0.5) is 0 Å². The summed E-state index contributed by atoms with van der Waals surface area (Å²) in [5, 5.41) is 4.56. The van der Waals surface area contributed by atoms with E-state index in [1.165, 1.54) is 11.3 Å². The molecule has 0 saturated heterocycles. The monoisotopic (exact) mass is 195 g/mol. The summed E-state index contributed by atoms with van der Waals surface area (Å²) in [5.74, 6) is 0. The van der Waals surface area contributed by atoms with Gasteiger partial charge < -0.3 is 5.73 Å². The Labute approximate surface area is 86.3 Å². The van der Waals surface area contributed by atoms with Crippen LogP contribution in [0.3, 0.4) is 0 Å². The fourth-order valence-corrected chi connectivity index (χ4v) is 1.79. The highest BCUT2D eigenvalue weighted by molar-refractivity contribution is 5.22. The van der Waals surface area contributed by atoms with Gasteiger partial charge in [0, 0.05) is 5.69 Å². The van der Waals surface area contributed by atoms with Gasteiger partial charge in [-0.05, 0) is 45.7 Å². The fraction of sp³-hybridized carbons (Fsp3) is 0.727. The summed E-state index contributed by atoms with van der Waals surface area (Å²) >= 11 is 0. The molecular formula is C11H21N3. The Kier molecular flexibility index (Phi) is 3.69. The molecule has 0 aromatic carbocycles. The quantitative estimate of drug-likeness (QED) is 0.799. The standard InChI is InChI=1S/C11H21N3/c1-5-11(6-7-12)14-10(4)8(2)9(3)13-14/h11H,5-7,12H2,1-4H3. The maximum absolute atomic E-state index is 5.60. The molecule has 1 heterocycles. The van der Waals surface area contributed by atoms with Crippen molar-refractivity contribution in [1.82, 2.24) is 9.78 Å². The predicted molar refractivity (Wildman–Crippen MR) is 59.4 cm³/mol. The topological polar surface area (TPSA) is 43.8 Å². The van der Waals surface area contributed by atoms with Crippen molar-refractivity contribution < 1.29 is 0 Å². The molecular weight excluding hydrogens is 174 g/mol. The smallest absolute Gasteiger partial charge is 0.0625 e. The molecule has 0 saturated carbocycles. The molecule has 2 N–H and O–H groups in total. The van der Waals surface area contributed by atoms with Crippen molar-refractivity contribution in [3.05, 3.63) is 17.0 Å². The molecule has 0 aliphatic heterocycles. The minimum absolute atomic E-state index is 0.465. The number of nitrogens with zero attached hydrogens (tertiary/aromatic N) is 2. The summed E-state index contributed by atoms with van der Waals surface area (Å²) in [6, 6.07) is 0.465. The van der Waals surface area contributed by atoms with Crippen molar-refractivity contribution in [1.29, 1.82) is 0 Å². The van der Waals surface area contributed by atoms with E-state index in [4.69, 9.17) is 5.73 Å². The van der Waals surface area contributed by atoms with E-state index in [1.807, 2.05) is 0 Å². The van der Waals surface area contributed by atoms with Gasteiger partial charge in [0.25, 0.3) is 0 Å². The Morgan fingerprint density at radius 2 is 2.00 bits per heavy atom. The molecule has 1 rings (SSSR count). The minimum Gasteiger partial charge on any atom is -0.330 e. The first-order valence-corrected chi connectivity index (χ1v) is 5.34. The molecule has 0 fully saturated rings. The summed E-state index contributed by atoms with van der Waals surface area (Å²) in [7, 11) is 0. The van der Waals surface area contributed by atoms with Gasteiger partial charge in [-0.2, -0.15) is 5.10 Å². The van der Waals surface area contributed by atoms with E-state index < -0.39 is 0 Å². The lowest BCUT2D eigenvalue weighted by Crippen LogP contribution is -2.15. The summed E-state index contributed by atoms with van der Waals surface area (Å²) in [6.45, 7) is 9.24. The van der Waals surface area contributed by atoms with Gasteiger partial charge in [-0.15, -0.1) is 0 Å². The summed E-state index contributed by atoms with van der Waals surface area (Å²) < 4.78 is 2.14. The van der Waals surface area contributed by atoms with Gasteiger partial charge in [-0.25, -0.2) is 0 Å². The maximum Gasteiger partial charge on any atom is 0.0625 e. The van der Waals surface area contributed by atoms with Crippen LogP contribution in [-0.2, 0) is 0 Å². The van der Waals surface area contributed by atoms with Gasteiger partial charge in [0.05, 0.1) is 11.7 Å². The molecule has 0 bridgehead atoms. The number of nitrogens with two attached hydrogens (primary N) is 1. The van der Waals surface area contributed by atoms with Crippen molar-refractivity contribution in [2.24, 2.45) is 5.73 Å². The lowest BCUT2D eigenvalue weighted by Gasteiger charge is -2.16. The molecule has 0 spiro atoms. The van der Waals surface area contributed by atoms with Crippen LogP contribution < -0.4 is 5.73 Å². The molecule has 3 nitrogen and oxygen atoms in total. The second-order valence-corrected chi connectivity index (χ2v) is 3.88. The zero-order chi connectivity index (χ0) is 10.7. The van der Waals surface area contributed by atoms with E-state index in [0.29, 0.717) is 6.04 Å². The van der Waals surface area contributed by atoms with Crippen molar-refractivity contribution in [3.8, 4) is 0 Å². The molecule has 1 aromatic heterocycles. The number of aromatic nitrogens is 2. The van der Waals surface area contributed by atoms with E-state index in [2.05, 4.69) is 37.5 Å². The largest absolute Gasteiger partial charge is 0.330 e. The third-order valence-electron chi connectivity index (χ3n) is 3.00. The molecule has 0 aliphatic rings. The number of rotatable bonds is 4. The summed E-state index contributed by atoms with van der Waals surface area (Å²) in [5.41, 5.74) is 9.32. The van der Waals surface area contributed by atoms with Gasteiger partial charge in [0.15, 0.2) is 0 Å². The van der Waals surface area contributed by atoms with Crippen molar-refractivity contribution in [2.75, 3.05) is 6.54 Å². The Hall–Kier alpha value is -0.830. The zero-order valence-electron chi connectivity index (χ0n) is 9.67. The van der Waals surface area contributed by atoms with Crippen LogP contribution in [0.15, 0.2) is 0 Å². The van der Waals surface area contributed by atoms with Crippen LogP contribution in [0.5, 0.6) is 0 Å². The molecule has 1 unspecified atom stereocenters. The first-order chi connectivity index (χ1) is 6.61. The molecule has 0 amide bonds. The lowest BCUT2D eigenvalue weighted by atomic mass is 10.1. The van der Waals surface area contributed by atoms with E-state index in [9.17, 15) is 0 Å². The molecule has 0 radical (unpaired) electrons. The van der Waals surface area contributed by atoms with Crippen LogP contribution in [0.2, 0.25) is 0 Å². The lowest BCUT2D eigenvalue weighted by molar-refractivity contribution is 0.408. The highest BCUT2D eigenvalue weighted by Crippen LogP contribution is 2.20. The minimum atomic E-state index is 0.465. The van der Waals surface area contributed by atoms with Gasteiger partial charge in [0.2, 0.25) is 0 Å². The van der Waals surface area contributed by atoms with Crippen LogP contribution in [0.25, 0.3) is 0 Å². The van der Waals surface area contributed by atoms with E-state index in [1.54, 1.807) is 0 Å². The average Bonchev–Trinajstić information content (AvgIpc) is 2.42. The van der Waals surface area contributed by atoms with Gasteiger partial charge >= 0.3 is 0 Å². The van der Waals surface area contributed by atoms with Crippen molar-refractivity contribution >= 4 is 0 Å². The maximum atomic E-state index is 5.60. The second kappa shape index (κ2) is 4.60. The number of hydrogen-bond donors (Lipinski definition) is 1. The molecule has 1 atom stereocenters. The molecule has 14 heavy (non-hydrogen) atoms. The number of hydrogen-bond acceptors (Lipinski definition) is 2. The first-order valence-electron chi connectivity index (χ1n) is 5.34.